The van der Waals surface area contributed by atoms with Crippen LogP contribution in [-0.2, 0) is 0 Å². The Kier molecular flexibility index (Phi) is 28200. The molecule has 0 unspecified atom stereocenters. The summed E-state index contributed by atoms with van der Waals surface area (Å²) in [5, 5.41) is 0. The van der Waals surface area contributed by atoms with Crippen LogP contribution in [0.2, 0.25) is 0 Å². The summed E-state index contributed by atoms with van der Waals surface area (Å²) in [4.78, 5) is 0. The minimum absolute atomic E-state index is 0. The van der Waals surface area contributed by atoms with E-state index >= 15 is 0 Å². The van der Waals surface area contributed by atoms with Gasteiger partial charge in [-0.2, -0.15) is 0 Å². The van der Waals surface area contributed by atoms with Crippen LogP contribution in [0.3, 0.4) is 0 Å². The Morgan fingerprint density at radius 3 is 0.800 bits per heavy atom. The number of hydrogen-bond donors (Lipinski definition) is 2. The minimum Gasteiger partial charge on any atom is -0.344 e. The van der Waals surface area contributed by atoms with Crippen LogP contribution < -0.4 is 12.3 Å². The third kappa shape index (κ3) is 967. The fourth-order valence-electron chi connectivity index (χ4n) is 0. The maximum Gasteiger partial charge on any atom is -0.106 e. The zero-order valence-corrected chi connectivity index (χ0v) is 4.95. The highest BCUT2D eigenvalue weighted by Crippen LogP contribution is 0.862. The molecule has 3 heteroatoms. The fourth-order valence-corrected chi connectivity index (χ4v) is 0. The van der Waals surface area contributed by atoms with Crippen molar-refractivity contribution in [1.82, 2.24) is 12.3 Å². The third-order valence-electron chi connectivity index (χ3n) is 0. The minimum atomic E-state index is 0. The van der Waals surface area contributed by atoms with E-state index in [0.717, 1.165) is 0 Å². The van der Waals surface area contributed by atoms with Gasteiger partial charge in [0.15, 0.2) is 0 Å². The van der Waals surface area contributed by atoms with Crippen LogP contribution in [0.25, 0.3) is 0 Å². The summed E-state index contributed by atoms with van der Waals surface area (Å²) in [6, 6.07) is 0. The number of hydrogen-bond acceptors (Lipinski definition) is 2. The van der Waals surface area contributed by atoms with Crippen LogP contribution in [0.15, 0.2) is 13.2 Å². The van der Waals surface area contributed by atoms with E-state index in [-0.39, 0.29) is 29.3 Å². The summed E-state index contributed by atoms with van der Waals surface area (Å²) in [6.45, 7) is 6.00. The van der Waals surface area contributed by atoms with E-state index in [9.17, 15) is 0 Å². The van der Waals surface area contributed by atoms with E-state index in [1.54, 1.807) is 0 Å². The zero-order chi connectivity index (χ0) is 2.00. The molecule has 0 bridgehead atoms. The summed E-state index contributed by atoms with van der Waals surface area (Å²) < 4.78 is 0. The molecule has 0 radical (unpaired) electrons. The first-order valence-electron chi connectivity index (χ1n) is 0.500. The lowest BCUT2D eigenvalue weighted by Gasteiger charge is -0.813. The van der Waals surface area contributed by atoms with E-state index in [1.165, 1.54) is 0 Å². The van der Waals surface area contributed by atoms with Crippen molar-refractivity contribution in [3.05, 3.63) is 13.2 Å². The van der Waals surface area contributed by atoms with Crippen molar-refractivity contribution in [3.63, 3.8) is 0 Å². The lowest BCUT2D eigenvalue weighted by Crippen LogP contribution is -0.552. The van der Waals surface area contributed by atoms with Crippen LogP contribution in [0.1, 0.15) is 0 Å². The van der Waals surface area contributed by atoms with Gasteiger partial charge in [0.2, 0.25) is 0 Å². The van der Waals surface area contributed by atoms with Gasteiger partial charge in [-0.3, -0.25) is 0 Å². The number of halogens is 1. The molecule has 0 atom stereocenters. The fraction of sp³-hybridized carbons (Fsp3) is 0. The Morgan fingerprint density at radius 1 is 0.800 bits per heavy atom. The highest BCUT2D eigenvalue weighted by molar-refractivity contribution is 8.93. The van der Waals surface area contributed by atoms with E-state index in [0.29, 0.717) is 0 Å². The van der Waals surface area contributed by atoms with Crippen LogP contribution in [-0.4, -0.2) is 0 Å². The first-order chi connectivity index (χ1) is 1.00. The topological polar surface area (TPSA) is 70.0 Å². The average Bonchev–Trinajstić information content (AvgIpc) is 1.00. The molecule has 6 N–H and O–H groups in total. The Hall–Kier alpha value is 0.140. The second-order valence-corrected chi connectivity index (χ2v) is 0. The van der Waals surface area contributed by atoms with Crippen molar-refractivity contribution in [2.75, 3.05) is 0 Å². The second kappa shape index (κ2) is 2080. The standard InChI is InChI=1S/C2H4.BrH.2H3N/c1-2;;;/h1-2H2;1H;2*1H3. The van der Waals surface area contributed by atoms with Crippen LogP contribution in [0.5, 0.6) is 0 Å². The molecule has 0 rings (SSSR count). The Balaban J connectivity index is -0.00000000167. The largest absolute Gasteiger partial charge is 0.344 e. The SMILES string of the molecule is Br.C=C.N.N. The molecule has 0 aromatic heterocycles. The molecule has 0 spiro atoms. The summed E-state index contributed by atoms with van der Waals surface area (Å²) in [5.74, 6) is 0. The molecule has 36 valence electrons. The molecular formula is C2H11BrN2. The Morgan fingerprint density at radius 2 is 0.800 bits per heavy atom. The van der Waals surface area contributed by atoms with Gasteiger partial charge in [-0.05, 0) is 0 Å². The van der Waals surface area contributed by atoms with Gasteiger partial charge in [0, 0.05) is 0 Å². The van der Waals surface area contributed by atoms with Gasteiger partial charge in [0.25, 0.3) is 0 Å². The van der Waals surface area contributed by atoms with Gasteiger partial charge < -0.3 is 12.3 Å². The van der Waals surface area contributed by atoms with Crippen molar-refractivity contribution in [2.24, 2.45) is 0 Å². The Bertz CT molecular complexity index is 7.61. The van der Waals surface area contributed by atoms with Crippen molar-refractivity contribution in [1.29, 1.82) is 0 Å². The molecule has 0 aliphatic heterocycles. The molecule has 0 aliphatic carbocycles. The first kappa shape index (κ1) is 67.8. The summed E-state index contributed by atoms with van der Waals surface area (Å²) >= 11 is 0. The second-order valence-electron chi connectivity index (χ2n) is 0. The van der Waals surface area contributed by atoms with E-state index < -0.39 is 0 Å². The Labute approximate surface area is 43.2 Å². The lowest BCUT2D eigenvalue weighted by molar-refractivity contribution is 2.13. The van der Waals surface area contributed by atoms with Gasteiger partial charge >= 0.3 is 0 Å². The first-order valence-corrected chi connectivity index (χ1v) is 0.500. The maximum absolute atomic E-state index is 3.00. The monoisotopic (exact) mass is 142 g/mol. The molecule has 0 saturated heterocycles. The third-order valence-corrected chi connectivity index (χ3v) is 0. The van der Waals surface area contributed by atoms with Gasteiger partial charge in [-0.25, -0.2) is 0 Å². The normalized spacial score (nSPS) is 0.800. The van der Waals surface area contributed by atoms with Crippen LogP contribution in [0, 0.1) is 0 Å². The summed E-state index contributed by atoms with van der Waals surface area (Å²) in [5.41, 5.74) is 0. The molecule has 0 aliphatic rings. The van der Waals surface area contributed by atoms with E-state index in [2.05, 4.69) is 13.2 Å². The number of rotatable bonds is 0. The van der Waals surface area contributed by atoms with Gasteiger partial charge in [-0.15, -0.1) is 30.1 Å². The van der Waals surface area contributed by atoms with Crippen molar-refractivity contribution >= 4 is 17.0 Å². The highest BCUT2D eigenvalue weighted by Gasteiger charge is 0.601. The predicted molar refractivity (Wildman–Crippen MR) is 31.6 cm³/mol. The lowest BCUT2D eigenvalue weighted by atomic mass is 11.3. The summed E-state index contributed by atoms with van der Waals surface area (Å²) in [6.07, 6.45) is 0. The molecule has 0 amide bonds. The average molecular weight is 143 g/mol. The zero-order valence-electron chi connectivity index (χ0n) is 3.24. The highest BCUT2D eigenvalue weighted by atomic mass is 79.9. The smallest absolute Gasteiger partial charge is 0.106 e. The predicted octanol–water partition coefficient (Wildman–Crippen LogP) is 1.70. The van der Waals surface area contributed by atoms with Crippen molar-refractivity contribution in [2.45, 2.75) is 0 Å². The molecular weight excluding hydrogens is 132 g/mol. The van der Waals surface area contributed by atoms with Gasteiger partial charge in [0.1, 0.15) is 0 Å². The molecule has 0 aromatic carbocycles. The molecule has 0 saturated carbocycles. The van der Waals surface area contributed by atoms with Crippen LogP contribution in [0.4, 0.5) is 0 Å². The maximum atomic E-state index is 3.00. The molecule has 0 fully saturated rings. The molecule has 2 nitrogen and oxygen atoms in total. The van der Waals surface area contributed by atoms with Gasteiger partial charge in [0.05, 0.1) is 0 Å². The quantitative estimate of drug-likeness (QED) is 0.506. The molecule has 5 heavy (non-hydrogen) atoms. The van der Waals surface area contributed by atoms with Crippen LogP contribution >= 0.6 is 17.0 Å². The van der Waals surface area contributed by atoms with Crippen molar-refractivity contribution < 1.29 is 0 Å². The van der Waals surface area contributed by atoms with Gasteiger partial charge in [-0.1, -0.05) is 0 Å². The molecule has 0 aromatic rings. The van der Waals surface area contributed by atoms with E-state index in [4.69, 9.17) is 0 Å². The summed E-state index contributed by atoms with van der Waals surface area (Å²) in [7, 11) is 0. The molecule has 0 heterocycles. The van der Waals surface area contributed by atoms with Crippen molar-refractivity contribution in [3.8, 4) is 0 Å². The van der Waals surface area contributed by atoms with E-state index in [1.807, 2.05) is 0 Å².